The number of aliphatic hydroxyl groups excluding tert-OH is 1. The summed E-state index contributed by atoms with van der Waals surface area (Å²) >= 11 is 0. The van der Waals surface area contributed by atoms with Crippen LogP contribution in [0, 0.1) is 0 Å². The van der Waals surface area contributed by atoms with Crippen LogP contribution in [0.1, 0.15) is 68.0 Å². The molecule has 2 atom stereocenters. The van der Waals surface area contributed by atoms with E-state index in [0.29, 0.717) is 61.6 Å². The first-order chi connectivity index (χ1) is 17.4. The molecule has 8 heteroatoms. The van der Waals surface area contributed by atoms with Crippen molar-refractivity contribution in [3.63, 3.8) is 0 Å². The molecular weight excluding hydrogens is 460 g/mol. The molecule has 0 aliphatic carbocycles. The second-order valence-electron chi connectivity index (χ2n) is 9.30. The van der Waals surface area contributed by atoms with Gasteiger partial charge in [0.2, 0.25) is 5.91 Å². The Balaban J connectivity index is 1.46. The molecule has 36 heavy (non-hydrogen) atoms. The van der Waals surface area contributed by atoms with Crippen LogP contribution in [-0.4, -0.2) is 55.7 Å². The summed E-state index contributed by atoms with van der Waals surface area (Å²) in [6, 6.07) is 12.2. The number of rotatable bonds is 14. The molecule has 1 heterocycles. The number of carbonyl (C=O) groups is 2. The zero-order valence-corrected chi connectivity index (χ0v) is 21.4. The van der Waals surface area contributed by atoms with Gasteiger partial charge in [0, 0.05) is 31.0 Å². The highest BCUT2D eigenvalue weighted by molar-refractivity contribution is 5.96. The fraction of sp³-hybridized carbons (Fsp3) is 0.500. The van der Waals surface area contributed by atoms with Crippen LogP contribution in [0.5, 0.6) is 17.2 Å². The van der Waals surface area contributed by atoms with Crippen molar-refractivity contribution in [2.75, 3.05) is 26.9 Å². The normalized spacial score (nSPS) is 14.2. The molecule has 3 rings (SSSR count). The van der Waals surface area contributed by atoms with E-state index >= 15 is 0 Å². The van der Waals surface area contributed by atoms with Gasteiger partial charge in [-0.05, 0) is 54.8 Å². The number of Topliss-reactive ketones (excluding diaryl/α,β-unsaturated/α-hetero) is 1. The van der Waals surface area contributed by atoms with E-state index in [4.69, 9.17) is 14.2 Å². The number of carbonyl (C=O) groups excluding carboxylic acids is 2. The van der Waals surface area contributed by atoms with Crippen LogP contribution in [0.25, 0.3) is 0 Å². The van der Waals surface area contributed by atoms with Crippen molar-refractivity contribution in [3.8, 4) is 17.2 Å². The maximum absolute atomic E-state index is 12.7. The number of aliphatic hydroxyl groups is 1. The second-order valence-corrected chi connectivity index (χ2v) is 9.30. The van der Waals surface area contributed by atoms with Crippen molar-refractivity contribution >= 4 is 11.7 Å². The minimum Gasteiger partial charge on any atom is -0.497 e. The first kappa shape index (κ1) is 27.5. The Morgan fingerprint density at radius 2 is 1.67 bits per heavy atom. The number of nitrogens with one attached hydrogen (secondary N) is 2. The van der Waals surface area contributed by atoms with Crippen molar-refractivity contribution in [2.24, 2.45) is 0 Å². The maximum Gasteiger partial charge on any atom is 0.220 e. The quantitative estimate of drug-likeness (QED) is 0.269. The van der Waals surface area contributed by atoms with Gasteiger partial charge in [-0.3, -0.25) is 9.59 Å². The van der Waals surface area contributed by atoms with E-state index in [0.717, 1.165) is 18.6 Å². The third-order valence-electron chi connectivity index (χ3n) is 6.10. The third kappa shape index (κ3) is 8.24. The van der Waals surface area contributed by atoms with Crippen molar-refractivity contribution in [1.29, 1.82) is 0 Å². The number of benzene rings is 2. The van der Waals surface area contributed by atoms with Gasteiger partial charge in [0.15, 0.2) is 17.3 Å². The van der Waals surface area contributed by atoms with Gasteiger partial charge in [-0.15, -0.1) is 0 Å². The van der Waals surface area contributed by atoms with Crippen LogP contribution >= 0.6 is 0 Å². The largest absolute Gasteiger partial charge is 0.497 e. The highest BCUT2D eigenvalue weighted by Gasteiger charge is 2.25. The highest BCUT2D eigenvalue weighted by Crippen LogP contribution is 2.33. The Morgan fingerprint density at radius 3 is 2.36 bits per heavy atom. The Labute approximate surface area is 213 Å². The van der Waals surface area contributed by atoms with Crippen molar-refractivity contribution in [3.05, 3.63) is 53.6 Å². The molecule has 1 aliphatic heterocycles. The number of hydrogen-bond donors (Lipinski definition) is 3. The summed E-state index contributed by atoms with van der Waals surface area (Å²) in [6.45, 7) is 5.43. The van der Waals surface area contributed by atoms with E-state index in [9.17, 15) is 14.7 Å². The number of ketones is 1. The molecule has 0 fully saturated rings. The standard InChI is InChI=1S/C28H38N2O6/c1-19(2)29-18-23(28(33)21-11-14-25-26(17-21)36-16-15-35-25)30-27(32)8-6-4-5-7-24(31)20-9-12-22(34-3)13-10-20/h9-14,17,19,23,28-29,33H,4-8,15-16,18H2,1-3H3,(H,30,32)/t23-,28?/m1/s1. The summed E-state index contributed by atoms with van der Waals surface area (Å²) in [5.74, 6) is 1.94. The van der Waals surface area contributed by atoms with Gasteiger partial charge in [0.25, 0.3) is 0 Å². The number of ether oxygens (including phenoxy) is 3. The zero-order valence-electron chi connectivity index (χ0n) is 21.4. The van der Waals surface area contributed by atoms with Gasteiger partial charge in [-0.1, -0.05) is 26.3 Å². The summed E-state index contributed by atoms with van der Waals surface area (Å²) in [6.07, 6.45) is 2.04. The first-order valence-electron chi connectivity index (χ1n) is 12.6. The predicted octanol–water partition coefficient (Wildman–Crippen LogP) is 3.82. The zero-order chi connectivity index (χ0) is 25.9. The Bertz CT molecular complexity index is 992. The Hall–Kier alpha value is -3.10. The fourth-order valence-corrected chi connectivity index (χ4v) is 4.03. The number of unbranched alkanes of at least 4 members (excludes halogenated alkanes) is 2. The van der Waals surface area contributed by atoms with Gasteiger partial charge < -0.3 is 30.0 Å². The summed E-state index contributed by atoms with van der Waals surface area (Å²) in [5.41, 5.74) is 1.33. The maximum atomic E-state index is 12.7. The average molecular weight is 499 g/mol. The molecule has 0 bridgehead atoms. The SMILES string of the molecule is COc1ccc(C(=O)CCCCCC(=O)N[C@H](CNC(C)C)C(O)c2ccc3c(c2)OCCO3)cc1. The summed E-state index contributed by atoms with van der Waals surface area (Å²) < 4.78 is 16.3. The molecule has 3 N–H and O–H groups in total. The summed E-state index contributed by atoms with van der Waals surface area (Å²) in [5, 5.41) is 17.3. The monoisotopic (exact) mass is 498 g/mol. The van der Waals surface area contributed by atoms with E-state index in [1.807, 2.05) is 13.8 Å². The van der Waals surface area contributed by atoms with E-state index < -0.39 is 12.1 Å². The van der Waals surface area contributed by atoms with Crippen LogP contribution in [-0.2, 0) is 4.79 Å². The smallest absolute Gasteiger partial charge is 0.220 e. The molecule has 0 saturated heterocycles. The second kappa shape index (κ2) is 13.8. The number of methoxy groups -OCH3 is 1. The fourth-order valence-electron chi connectivity index (χ4n) is 4.03. The van der Waals surface area contributed by atoms with Crippen LogP contribution in [0.15, 0.2) is 42.5 Å². The lowest BCUT2D eigenvalue weighted by molar-refractivity contribution is -0.122. The van der Waals surface area contributed by atoms with Gasteiger partial charge in [0.1, 0.15) is 25.1 Å². The van der Waals surface area contributed by atoms with Crippen LogP contribution in [0.2, 0.25) is 0 Å². The lowest BCUT2D eigenvalue weighted by Crippen LogP contribution is -2.47. The molecule has 0 saturated carbocycles. The molecule has 0 spiro atoms. The van der Waals surface area contributed by atoms with E-state index in [-0.39, 0.29) is 17.7 Å². The third-order valence-corrected chi connectivity index (χ3v) is 6.10. The Kier molecular flexibility index (Phi) is 10.6. The first-order valence-corrected chi connectivity index (χ1v) is 12.6. The average Bonchev–Trinajstić information content (AvgIpc) is 2.90. The lowest BCUT2D eigenvalue weighted by Gasteiger charge is -2.27. The molecule has 196 valence electrons. The molecule has 0 aromatic heterocycles. The molecule has 2 aromatic rings. The highest BCUT2D eigenvalue weighted by atomic mass is 16.6. The van der Waals surface area contributed by atoms with Gasteiger partial charge in [0.05, 0.1) is 13.2 Å². The van der Waals surface area contributed by atoms with Gasteiger partial charge in [-0.25, -0.2) is 0 Å². The van der Waals surface area contributed by atoms with Crippen molar-refractivity contribution < 1.29 is 28.9 Å². The molecule has 0 radical (unpaired) electrons. The lowest BCUT2D eigenvalue weighted by atomic mass is 10.0. The van der Waals surface area contributed by atoms with Crippen molar-refractivity contribution in [2.45, 2.75) is 64.1 Å². The van der Waals surface area contributed by atoms with Gasteiger partial charge in [-0.2, -0.15) is 0 Å². The van der Waals surface area contributed by atoms with E-state index in [1.54, 1.807) is 49.6 Å². The molecular formula is C28H38N2O6. The summed E-state index contributed by atoms with van der Waals surface area (Å²) in [4.78, 5) is 25.0. The predicted molar refractivity (Wildman–Crippen MR) is 138 cm³/mol. The molecule has 2 aromatic carbocycles. The van der Waals surface area contributed by atoms with E-state index in [2.05, 4.69) is 10.6 Å². The number of amides is 1. The topological polar surface area (TPSA) is 106 Å². The number of fused-ring (bicyclic) bond motifs is 1. The minimum atomic E-state index is -0.904. The molecule has 1 unspecified atom stereocenters. The Morgan fingerprint density at radius 1 is 0.972 bits per heavy atom. The van der Waals surface area contributed by atoms with Crippen LogP contribution in [0.3, 0.4) is 0 Å². The van der Waals surface area contributed by atoms with Gasteiger partial charge >= 0.3 is 0 Å². The van der Waals surface area contributed by atoms with E-state index in [1.165, 1.54) is 0 Å². The molecule has 8 nitrogen and oxygen atoms in total. The van der Waals surface area contributed by atoms with Crippen LogP contribution in [0.4, 0.5) is 0 Å². The molecule has 1 aliphatic rings. The number of hydrogen-bond acceptors (Lipinski definition) is 7. The minimum absolute atomic E-state index is 0.0875. The molecule has 1 amide bonds. The van der Waals surface area contributed by atoms with Crippen LogP contribution < -0.4 is 24.8 Å². The summed E-state index contributed by atoms with van der Waals surface area (Å²) in [7, 11) is 1.59. The van der Waals surface area contributed by atoms with Crippen molar-refractivity contribution in [1.82, 2.24) is 10.6 Å².